The summed E-state index contributed by atoms with van der Waals surface area (Å²) < 4.78 is 5.33. The molecule has 1 aromatic rings. The molecule has 1 saturated heterocycles. The largest absolute Gasteiger partial charge is 0.465 e. The lowest BCUT2D eigenvalue weighted by Gasteiger charge is -2.16. The third-order valence-electron chi connectivity index (χ3n) is 3.20. The number of nitrogens with zero attached hydrogens (tertiary/aromatic N) is 1. The van der Waals surface area contributed by atoms with Gasteiger partial charge in [0.15, 0.2) is 0 Å². The molecule has 1 aliphatic heterocycles. The second kappa shape index (κ2) is 5.84. The number of methoxy groups -OCH3 is 1. The molecule has 2 atom stereocenters. The van der Waals surface area contributed by atoms with Crippen molar-refractivity contribution in [1.29, 1.82) is 0 Å². The van der Waals surface area contributed by atoms with Crippen molar-refractivity contribution in [3.05, 3.63) is 35.9 Å². The van der Waals surface area contributed by atoms with Gasteiger partial charge < -0.3 is 15.2 Å². The van der Waals surface area contributed by atoms with E-state index in [0.717, 1.165) is 13.1 Å². The van der Waals surface area contributed by atoms with Crippen molar-refractivity contribution in [2.24, 2.45) is 0 Å². The molecule has 18 heavy (non-hydrogen) atoms. The standard InChI is InChI=1S/C13H18N2O3/c1-18-12-9-15(8-11(12)14-13(16)17)7-10-5-3-2-4-6-10/h2-6,11-12,14H,7-9H2,1H3,(H,16,17). The van der Waals surface area contributed by atoms with Crippen molar-refractivity contribution < 1.29 is 14.6 Å². The summed E-state index contributed by atoms with van der Waals surface area (Å²) >= 11 is 0. The van der Waals surface area contributed by atoms with Gasteiger partial charge in [-0.15, -0.1) is 0 Å². The topological polar surface area (TPSA) is 61.8 Å². The summed E-state index contributed by atoms with van der Waals surface area (Å²) in [6.07, 6.45) is -1.08. The number of rotatable bonds is 4. The van der Waals surface area contributed by atoms with Gasteiger partial charge in [0.05, 0.1) is 12.1 Å². The zero-order valence-electron chi connectivity index (χ0n) is 10.4. The fourth-order valence-corrected chi connectivity index (χ4v) is 2.36. The maximum absolute atomic E-state index is 10.7. The van der Waals surface area contributed by atoms with Crippen molar-refractivity contribution in [3.8, 4) is 0 Å². The fourth-order valence-electron chi connectivity index (χ4n) is 2.36. The van der Waals surface area contributed by atoms with Gasteiger partial charge in [-0.05, 0) is 5.56 Å². The maximum Gasteiger partial charge on any atom is 0.405 e. The number of carbonyl (C=O) groups is 1. The molecule has 1 amide bonds. The molecule has 98 valence electrons. The number of nitrogens with one attached hydrogen (secondary N) is 1. The van der Waals surface area contributed by atoms with Crippen LogP contribution in [0.5, 0.6) is 0 Å². The molecule has 0 saturated carbocycles. The van der Waals surface area contributed by atoms with E-state index in [1.807, 2.05) is 18.2 Å². The van der Waals surface area contributed by atoms with Crippen LogP contribution in [0.3, 0.4) is 0 Å². The third-order valence-corrected chi connectivity index (χ3v) is 3.20. The summed E-state index contributed by atoms with van der Waals surface area (Å²) in [7, 11) is 1.62. The van der Waals surface area contributed by atoms with Crippen LogP contribution in [0.4, 0.5) is 4.79 Å². The normalized spacial score (nSPS) is 24.1. The van der Waals surface area contributed by atoms with E-state index < -0.39 is 6.09 Å². The van der Waals surface area contributed by atoms with Gasteiger partial charge in [-0.25, -0.2) is 4.79 Å². The highest BCUT2D eigenvalue weighted by Gasteiger charge is 2.33. The molecule has 1 fully saturated rings. The minimum atomic E-state index is -0.997. The Hall–Kier alpha value is -1.59. The Morgan fingerprint density at radius 3 is 2.78 bits per heavy atom. The van der Waals surface area contributed by atoms with Gasteiger partial charge in [0.2, 0.25) is 0 Å². The van der Waals surface area contributed by atoms with Crippen LogP contribution in [-0.4, -0.2) is 48.4 Å². The minimum Gasteiger partial charge on any atom is -0.465 e. The number of benzene rings is 1. The fraction of sp³-hybridized carbons (Fsp3) is 0.462. The van der Waals surface area contributed by atoms with Crippen molar-refractivity contribution in [1.82, 2.24) is 10.2 Å². The van der Waals surface area contributed by atoms with Crippen molar-refractivity contribution in [2.45, 2.75) is 18.7 Å². The lowest BCUT2D eigenvalue weighted by Crippen LogP contribution is -2.42. The average molecular weight is 250 g/mol. The van der Waals surface area contributed by atoms with Crippen LogP contribution in [0.15, 0.2) is 30.3 Å². The molecule has 1 heterocycles. The molecule has 0 bridgehead atoms. The first-order valence-electron chi connectivity index (χ1n) is 5.97. The number of likely N-dealkylation sites (tertiary alicyclic amines) is 1. The van der Waals surface area contributed by atoms with Crippen LogP contribution in [0.25, 0.3) is 0 Å². The van der Waals surface area contributed by atoms with E-state index in [0.29, 0.717) is 6.54 Å². The first kappa shape index (κ1) is 12.9. The maximum atomic E-state index is 10.7. The molecule has 2 rings (SSSR count). The van der Waals surface area contributed by atoms with Crippen LogP contribution >= 0.6 is 0 Å². The van der Waals surface area contributed by atoms with E-state index >= 15 is 0 Å². The zero-order valence-corrected chi connectivity index (χ0v) is 10.4. The summed E-state index contributed by atoms with van der Waals surface area (Å²) in [4.78, 5) is 12.9. The van der Waals surface area contributed by atoms with Crippen molar-refractivity contribution >= 4 is 6.09 Å². The van der Waals surface area contributed by atoms with Gasteiger partial charge in [-0.2, -0.15) is 0 Å². The zero-order chi connectivity index (χ0) is 13.0. The molecule has 5 heteroatoms. The van der Waals surface area contributed by atoms with E-state index in [1.165, 1.54) is 5.56 Å². The highest BCUT2D eigenvalue weighted by Crippen LogP contribution is 2.16. The Bertz CT molecular complexity index is 396. The highest BCUT2D eigenvalue weighted by molar-refractivity contribution is 5.65. The summed E-state index contributed by atoms with van der Waals surface area (Å²) in [6, 6.07) is 9.98. The second-order valence-electron chi connectivity index (χ2n) is 4.51. The second-order valence-corrected chi connectivity index (χ2v) is 4.51. The predicted octanol–water partition coefficient (Wildman–Crippen LogP) is 1.15. The first-order chi connectivity index (χ1) is 8.69. The Morgan fingerprint density at radius 1 is 1.44 bits per heavy atom. The predicted molar refractivity (Wildman–Crippen MR) is 67.5 cm³/mol. The van der Waals surface area contributed by atoms with Gasteiger partial charge in [-0.3, -0.25) is 4.90 Å². The molecule has 5 nitrogen and oxygen atoms in total. The lowest BCUT2D eigenvalue weighted by atomic mass is 10.2. The van der Waals surface area contributed by atoms with E-state index in [-0.39, 0.29) is 12.1 Å². The molecule has 0 aliphatic carbocycles. The smallest absolute Gasteiger partial charge is 0.405 e. The molecular formula is C13H18N2O3. The van der Waals surface area contributed by atoms with Crippen molar-refractivity contribution in [2.75, 3.05) is 20.2 Å². The quantitative estimate of drug-likeness (QED) is 0.841. The molecule has 0 aromatic heterocycles. The van der Waals surface area contributed by atoms with E-state index in [2.05, 4.69) is 22.3 Å². The molecule has 1 aromatic carbocycles. The minimum absolute atomic E-state index is 0.0789. The van der Waals surface area contributed by atoms with Crippen molar-refractivity contribution in [3.63, 3.8) is 0 Å². The average Bonchev–Trinajstić information content (AvgIpc) is 2.71. The molecule has 2 N–H and O–H groups in total. The van der Waals surface area contributed by atoms with Gasteiger partial charge >= 0.3 is 6.09 Å². The molecule has 2 unspecified atom stereocenters. The Morgan fingerprint density at radius 2 is 2.17 bits per heavy atom. The lowest BCUT2D eigenvalue weighted by molar-refractivity contribution is 0.0879. The monoisotopic (exact) mass is 250 g/mol. The highest BCUT2D eigenvalue weighted by atomic mass is 16.5. The Kier molecular flexibility index (Phi) is 4.17. The third kappa shape index (κ3) is 3.21. The van der Waals surface area contributed by atoms with E-state index in [1.54, 1.807) is 7.11 Å². The van der Waals surface area contributed by atoms with Gasteiger partial charge in [0, 0.05) is 26.7 Å². The Balaban J connectivity index is 1.94. The SMILES string of the molecule is COC1CN(Cc2ccccc2)CC1NC(=O)O. The Labute approximate surface area is 106 Å². The summed E-state index contributed by atoms with van der Waals surface area (Å²) in [5.74, 6) is 0. The molecule has 0 radical (unpaired) electrons. The first-order valence-corrected chi connectivity index (χ1v) is 5.97. The van der Waals surface area contributed by atoms with Crippen LogP contribution < -0.4 is 5.32 Å². The number of amides is 1. The van der Waals surface area contributed by atoms with Crippen LogP contribution in [0.2, 0.25) is 0 Å². The summed E-state index contributed by atoms with van der Waals surface area (Å²) in [5, 5.41) is 11.3. The number of carboxylic acid groups (broad SMARTS) is 1. The molecule has 0 spiro atoms. The summed E-state index contributed by atoms with van der Waals surface area (Å²) in [6.45, 7) is 2.24. The number of ether oxygens (including phenoxy) is 1. The van der Waals surface area contributed by atoms with Crippen LogP contribution in [-0.2, 0) is 11.3 Å². The van der Waals surface area contributed by atoms with Crippen LogP contribution in [0, 0.1) is 0 Å². The van der Waals surface area contributed by atoms with Gasteiger partial charge in [-0.1, -0.05) is 30.3 Å². The van der Waals surface area contributed by atoms with Gasteiger partial charge in [0.25, 0.3) is 0 Å². The number of hydrogen-bond acceptors (Lipinski definition) is 3. The van der Waals surface area contributed by atoms with E-state index in [4.69, 9.17) is 9.84 Å². The van der Waals surface area contributed by atoms with Crippen LogP contribution in [0.1, 0.15) is 5.56 Å². The van der Waals surface area contributed by atoms with E-state index in [9.17, 15) is 4.79 Å². The molecule has 1 aliphatic rings. The summed E-state index contributed by atoms with van der Waals surface area (Å²) in [5.41, 5.74) is 1.23. The molecular weight excluding hydrogens is 232 g/mol. The van der Waals surface area contributed by atoms with Gasteiger partial charge in [0.1, 0.15) is 0 Å². The number of hydrogen-bond donors (Lipinski definition) is 2.